The van der Waals surface area contributed by atoms with E-state index in [1.165, 1.54) is 0 Å². The van der Waals surface area contributed by atoms with E-state index in [0.717, 1.165) is 50.1 Å². The molecular formula is C16H23NO2. The number of nitrogens with one attached hydrogen (secondary N) is 1. The minimum atomic E-state index is -0.174. The van der Waals surface area contributed by atoms with Crippen molar-refractivity contribution in [3.63, 3.8) is 0 Å². The van der Waals surface area contributed by atoms with E-state index in [1.807, 2.05) is 24.3 Å². The maximum Gasteiger partial charge on any atom is 0.169 e. The van der Waals surface area contributed by atoms with Gasteiger partial charge in [-0.25, -0.2) is 0 Å². The summed E-state index contributed by atoms with van der Waals surface area (Å²) >= 11 is 0. The highest BCUT2D eigenvalue weighted by molar-refractivity contribution is 6.00. The molecular weight excluding hydrogens is 238 g/mol. The van der Waals surface area contributed by atoms with Crippen LogP contribution in [0.2, 0.25) is 0 Å². The number of hydrogen-bond donors (Lipinski definition) is 1. The van der Waals surface area contributed by atoms with E-state index < -0.39 is 0 Å². The number of methoxy groups -OCH3 is 1. The lowest BCUT2D eigenvalue weighted by molar-refractivity contribution is 0.0704. The molecule has 1 aromatic rings. The number of carbonyl (C=O) groups excluding carboxylic acids is 1. The van der Waals surface area contributed by atoms with E-state index >= 15 is 0 Å². The Hall–Kier alpha value is -1.35. The third-order valence-corrected chi connectivity index (χ3v) is 4.10. The van der Waals surface area contributed by atoms with E-state index in [-0.39, 0.29) is 11.2 Å². The number of ketones is 1. The third-order valence-electron chi connectivity index (χ3n) is 4.10. The molecule has 0 aromatic heterocycles. The summed E-state index contributed by atoms with van der Waals surface area (Å²) in [5, 5.41) is 3.35. The van der Waals surface area contributed by atoms with Gasteiger partial charge in [0.25, 0.3) is 0 Å². The van der Waals surface area contributed by atoms with Crippen molar-refractivity contribution in [2.75, 3.05) is 20.2 Å². The molecule has 0 unspecified atom stereocenters. The van der Waals surface area contributed by atoms with Crippen LogP contribution in [0, 0.1) is 5.41 Å². The van der Waals surface area contributed by atoms with Crippen LogP contribution in [0.15, 0.2) is 24.3 Å². The van der Waals surface area contributed by atoms with Gasteiger partial charge in [0, 0.05) is 11.0 Å². The van der Waals surface area contributed by atoms with Crippen molar-refractivity contribution >= 4 is 5.78 Å². The van der Waals surface area contributed by atoms with E-state index in [0.29, 0.717) is 0 Å². The summed E-state index contributed by atoms with van der Waals surface area (Å²) < 4.78 is 5.22. The molecule has 1 aliphatic rings. The van der Waals surface area contributed by atoms with Gasteiger partial charge < -0.3 is 10.1 Å². The average molecular weight is 261 g/mol. The molecule has 0 atom stereocenters. The first-order valence-electron chi connectivity index (χ1n) is 7.11. The highest BCUT2D eigenvalue weighted by Crippen LogP contribution is 2.37. The van der Waals surface area contributed by atoms with Crippen LogP contribution in [0.1, 0.15) is 43.0 Å². The largest absolute Gasteiger partial charge is 0.497 e. The summed E-state index contributed by atoms with van der Waals surface area (Å²) in [6.07, 6.45) is 3.91. The van der Waals surface area contributed by atoms with Crippen molar-refractivity contribution in [1.29, 1.82) is 0 Å². The first-order valence-corrected chi connectivity index (χ1v) is 7.11. The first kappa shape index (κ1) is 14.1. The van der Waals surface area contributed by atoms with Gasteiger partial charge in [-0.3, -0.25) is 4.79 Å². The lowest BCUT2D eigenvalue weighted by Gasteiger charge is -2.36. The van der Waals surface area contributed by atoms with Crippen molar-refractivity contribution in [3.8, 4) is 5.75 Å². The highest BCUT2D eigenvalue weighted by Gasteiger charge is 2.38. The van der Waals surface area contributed by atoms with Crippen molar-refractivity contribution in [1.82, 2.24) is 5.32 Å². The van der Waals surface area contributed by atoms with Crippen LogP contribution in [0.5, 0.6) is 5.75 Å². The Bertz CT molecular complexity index is 431. The third kappa shape index (κ3) is 2.98. The summed E-state index contributed by atoms with van der Waals surface area (Å²) in [7, 11) is 1.63. The Morgan fingerprint density at radius 3 is 2.74 bits per heavy atom. The second-order valence-electron chi connectivity index (χ2n) is 5.34. The fourth-order valence-electron chi connectivity index (χ4n) is 3.04. The lowest BCUT2D eigenvalue weighted by Crippen LogP contribution is -2.42. The molecule has 19 heavy (non-hydrogen) atoms. The fraction of sp³-hybridized carbons (Fsp3) is 0.562. The predicted octanol–water partition coefficient (Wildman–Crippen LogP) is 3.05. The molecule has 0 saturated carbocycles. The molecule has 0 radical (unpaired) electrons. The predicted molar refractivity (Wildman–Crippen MR) is 76.8 cm³/mol. The van der Waals surface area contributed by atoms with E-state index in [4.69, 9.17) is 4.74 Å². The standard InChI is InChI=1S/C16H23NO2/c1-3-7-16(8-10-17-11-9-16)15(18)13-5-4-6-14(12-13)19-2/h4-6,12,17H,3,7-11H2,1-2H3. The van der Waals surface area contributed by atoms with Gasteiger partial charge in [-0.1, -0.05) is 25.5 Å². The van der Waals surface area contributed by atoms with E-state index in [9.17, 15) is 4.79 Å². The van der Waals surface area contributed by atoms with Crippen LogP contribution in [-0.4, -0.2) is 26.0 Å². The van der Waals surface area contributed by atoms with Gasteiger partial charge in [-0.2, -0.15) is 0 Å². The van der Waals surface area contributed by atoms with Crippen molar-refractivity contribution < 1.29 is 9.53 Å². The molecule has 0 amide bonds. The van der Waals surface area contributed by atoms with Crippen LogP contribution in [0.25, 0.3) is 0 Å². The zero-order chi connectivity index (χ0) is 13.7. The highest BCUT2D eigenvalue weighted by atomic mass is 16.5. The zero-order valence-corrected chi connectivity index (χ0v) is 11.9. The van der Waals surface area contributed by atoms with Crippen LogP contribution in [0.4, 0.5) is 0 Å². The van der Waals surface area contributed by atoms with Crippen LogP contribution >= 0.6 is 0 Å². The molecule has 1 heterocycles. The van der Waals surface area contributed by atoms with Crippen LogP contribution in [-0.2, 0) is 0 Å². The average Bonchev–Trinajstić information content (AvgIpc) is 2.48. The van der Waals surface area contributed by atoms with Crippen LogP contribution < -0.4 is 10.1 Å². The number of piperidine rings is 1. The van der Waals surface area contributed by atoms with Crippen LogP contribution in [0.3, 0.4) is 0 Å². The molecule has 0 spiro atoms. The summed E-state index contributed by atoms with van der Waals surface area (Å²) in [6, 6.07) is 7.55. The maximum absolute atomic E-state index is 12.9. The zero-order valence-electron chi connectivity index (χ0n) is 11.9. The summed E-state index contributed by atoms with van der Waals surface area (Å²) in [5.74, 6) is 1.04. The quantitative estimate of drug-likeness (QED) is 0.828. The normalized spacial score (nSPS) is 18.0. The number of rotatable bonds is 5. The SMILES string of the molecule is CCCC1(C(=O)c2cccc(OC)c2)CCNCC1. The Morgan fingerprint density at radius 1 is 1.37 bits per heavy atom. The summed E-state index contributed by atoms with van der Waals surface area (Å²) in [5.41, 5.74) is 0.613. The number of hydrogen-bond acceptors (Lipinski definition) is 3. The molecule has 1 saturated heterocycles. The molecule has 2 rings (SSSR count). The minimum absolute atomic E-state index is 0.174. The van der Waals surface area contributed by atoms with Crippen molar-refractivity contribution in [2.45, 2.75) is 32.6 Å². The smallest absolute Gasteiger partial charge is 0.169 e. The Balaban J connectivity index is 2.27. The lowest BCUT2D eigenvalue weighted by atomic mass is 9.70. The minimum Gasteiger partial charge on any atom is -0.497 e. The van der Waals surface area contributed by atoms with E-state index in [1.54, 1.807) is 7.11 Å². The monoisotopic (exact) mass is 261 g/mol. The number of Topliss-reactive ketones (excluding diaryl/α,β-unsaturated/α-hetero) is 1. The Morgan fingerprint density at radius 2 is 2.11 bits per heavy atom. The molecule has 1 fully saturated rings. The summed E-state index contributed by atoms with van der Waals surface area (Å²) in [4.78, 5) is 12.9. The molecule has 3 nitrogen and oxygen atoms in total. The number of benzene rings is 1. The molecule has 1 aromatic carbocycles. The molecule has 1 N–H and O–H groups in total. The number of ether oxygens (including phenoxy) is 1. The Labute approximate surface area is 115 Å². The van der Waals surface area contributed by atoms with Gasteiger partial charge in [0.05, 0.1) is 7.11 Å². The maximum atomic E-state index is 12.9. The topological polar surface area (TPSA) is 38.3 Å². The van der Waals surface area contributed by atoms with Gasteiger partial charge in [-0.15, -0.1) is 0 Å². The fourth-order valence-corrected chi connectivity index (χ4v) is 3.04. The molecule has 104 valence electrons. The van der Waals surface area contributed by atoms with Crippen molar-refractivity contribution in [3.05, 3.63) is 29.8 Å². The van der Waals surface area contributed by atoms with Gasteiger partial charge in [-0.05, 0) is 44.5 Å². The summed E-state index contributed by atoms with van der Waals surface area (Å²) in [6.45, 7) is 4.04. The molecule has 0 bridgehead atoms. The Kier molecular flexibility index (Phi) is 4.59. The molecule has 1 aliphatic heterocycles. The van der Waals surface area contributed by atoms with E-state index in [2.05, 4.69) is 12.2 Å². The van der Waals surface area contributed by atoms with Gasteiger partial charge >= 0.3 is 0 Å². The molecule has 0 aliphatic carbocycles. The first-order chi connectivity index (χ1) is 9.22. The second-order valence-corrected chi connectivity index (χ2v) is 5.34. The van der Waals surface area contributed by atoms with Gasteiger partial charge in [0.15, 0.2) is 5.78 Å². The second kappa shape index (κ2) is 6.20. The van der Waals surface area contributed by atoms with Gasteiger partial charge in [0.2, 0.25) is 0 Å². The van der Waals surface area contributed by atoms with Crippen molar-refractivity contribution in [2.24, 2.45) is 5.41 Å². The van der Waals surface area contributed by atoms with Gasteiger partial charge in [0.1, 0.15) is 5.75 Å². The molecule has 3 heteroatoms. The number of carbonyl (C=O) groups is 1.